The number of hydrogen-bond donors (Lipinski definition) is 1. The largest absolute Gasteiger partial charge is 0.491 e. The summed E-state index contributed by atoms with van der Waals surface area (Å²) in [4.78, 5) is 4.63. The van der Waals surface area contributed by atoms with E-state index in [1.165, 1.54) is 0 Å². The van der Waals surface area contributed by atoms with E-state index in [0.29, 0.717) is 5.82 Å². The molecule has 3 rings (SSSR count). The first kappa shape index (κ1) is 13.5. The molecular weight excluding hydrogens is 262 g/mol. The molecule has 0 bridgehead atoms. The average molecular weight is 281 g/mol. The third-order valence-corrected chi connectivity index (χ3v) is 3.28. The number of aromatic nitrogens is 2. The number of hydrogen-bond acceptors (Lipinski definition) is 3. The fourth-order valence-corrected chi connectivity index (χ4v) is 2.37. The number of nitrogens with zero attached hydrogens (tertiary/aromatic N) is 2. The Morgan fingerprint density at radius 1 is 1.19 bits per heavy atom. The molecule has 3 aromatic rings. The Kier molecular flexibility index (Phi) is 3.29. The van der Waals surface area contributed by atoms with Crippen molar-refractivity contribution in [1.82, 2.24) is 9.38 Å². The van der Waals surface area contributed by atoms with Crippen LogP contribution < -0.4 is 10.5 Å². The molecular formula is C17H19N3O. The predicted molar refractivity (Wildman–Crippen MR) is 85.5 cm³/mol. The van der Waals surface area contributed by atoms with Gasteiger partial charge < -0.3 is 10.5 Å². The molecule has 108 valence electrons. The van der Waals surface area contributed by atoms with Crippen LogP contribution in [0.2, 0.25) is 0 Å². The first-order valence-electron chi connectivity index (χ1n) is 7.06. The number of imidazole rings is 1. The number of rotatable bonds is 3. The van der Waals surface area contributed by atoms with Gasteiger partial charge in [0.2, 0.25) is 0 Å². The zero-order valence-electron chi connectivity index (χ0n) is 12.5. The van der Waals surface area contributed by atoms with Crippen LogP contribution in [-0.4, -0.2) is 15.5 Å². The summed E-state index contributed by atoms with van der Waals surface area (Å²) >= 11 is 0. The molecule has 0 amide bonds. The van der Waals surface area contributed by atoms with Crippen LogP contribution in [0.5, 0.6) is 5.75 Å². The zero-order chi connectivity index (χ0) is 15.0. The van der Waals surface area contributed by atoms with Gasteiger partial charge in [-0.05, 0) is 44.5 Å². The molecule has 0 aliphatic rings. The second kappa shape index (κ2) is 5.13. The Labute approximate surface area is 124 Å². The van der Waals surface area contributed by atoms with Gasteiger partial charge in [-0.15, -0.1) is 0 Å². The van der Waals surface area contributed by atoms with Gasteiger partial charge in [-0.25, -0.2) is 4.98 Å². The zero-order valence-corrected chi connectivity index (χ0v) is 12.5. The highest BCUT2D eigenvalue weighted by Crippen LogP contribution is 2.29. The van der Waals surface area contributed by atoms with E-state index < -0.39 is 0 Å². The van der Waals surface area contributed by atoms with Crippen molar-refractivity contribution in [2.24, 2.45) is 0 Å². The Bertz CT molecular complexity index is 790. The molecule has 2 N–H and O–H groups in total. The maximum absolute atomic E-state index is 6.25. The molecule has 0 saturated heterocycles. The number of aryl methyl sites for hydroxylation is 1. The van der Waals surface area contributed by atoms with Gasteiger partial charge in [-0.1, -0.05) is 18.2 Å². The smallest absolute Gasteiger partial charge is 0.139 e. The SMILES string of the molecule is Cc1ccc2nc(-c3cccc(OC(C)C)c3)c(N)n2c1. The van der Waals surface area contributed by atoms with Crippen LogP contribution in [0.1, 0.15) is 19.4 Å². The lowest BCUT2D eigenvalue weighted by atomic mass is 10.1. The van der Waals surface area contributed by atoms with Gasteiger partial charge in [0, 0.05) is 11.8 Å². The number of benzene rings is 1. The van der Waals surface area contributed by atoms with Crippen molar-refractivity contribution < 1.29 is 4.74 Å². The minimum Gasteiger partial charge on any atom is -0.491 e. The Balaban J connectivity index is 2.10. The highest BCUT2D eigenvalue weighted by atomic mass is 16.5. The molecule has 4 nitrogen and oxygen atoms in total. The van der Waals surface area contributed by atoms with E-state index in [9.17, 15) is 0 Å². The van der Waals surface area contributed by atoms with Crippen molar-refractivity contribution in [3.63, 3.8) is 0 Å². The lowest BCUT2D eigenvalue weighted by Crippen LogP contribution is -2.05. The van der Waals surface area contributed by atoms with E-state index >= 15 is 0 Å². The lowest BCUT2D eigenvalue weighted by molar-refractivity contribution is 0.242. The summed E-state index contributed by atoms with van der Waals surface area (Å²) in [5, 5.41) is 0. The molecule has 0 atom stereocenters. The highest BCUT2D eigenvalue weighted by molar-refractivity contribution is 5.75. The van der Waals surface area contributed by atoms with Crippen molar-refractivity contribution in [1.29, 1.82) is 0 Å². The number of pyridine rings is 1. The van der Waals surface area contributed by atoms with Gasteiger partial charge >= 0.3 is 0 Å². The molecule has 0 unspecified atom stereocenters. The van der Waals surface area contributed by atoms with Crippen molar-refractivity contribution in [3.05, 3.63) is 48.2 Å². The Morgan fingerprint density at radius 2 is 2.00 bits per heavy atom. The van der Waals surface area contributed by atoms with E-state index in [4.69, 9.17) is 10.5 Å². The summed E-state index contributed by atoms with van der Waals surface area (Å²) in [6, 6.07) is 11.9. The van der Waals surface area contributed by atoms with E-state index in [0.717, 1.165) is 28.2 Å². The van der Waals surface area contributed by atoms with Gasteiger partial charge in [0.1, 0.15) is 22.9 Å². The summed E-state index contributed by atoms with van der Waals surface area (Å²) in [6.07, 6.45) is 2.14. The number of nitrogen functional groups attached to an aromatic ring is 1. The first-order valence-corrected chi connectivity index (χ1v) is 7.06. The molecule has 0 radical (unpaired) electrons. The van der Waals surface area contributed by atoms with Crippen LogP contribution in [0.4, 0.5) is 5.82 Å². The molecule has 4 heteroatoms. The number of anilines is 1. The summed E-state index contributed by atoms with van der Waals surface area (Å²) in [6.45, 7) is 6.05. The van der Waals surface area contributed by atoms with Crippen LogP contribution >= 0.6 is 0 Å². The van der Waals surface area contributed by atoms with E-state index in [1.807, 2.05) is 67.8 Å². The molecule has 1 aromatic carbocycles. The fourth-order valence-electron chi connectivity index (χ4n) is 2.37. The third-order valence-electron chi connectivity index (χ3n) is 3.28. The maximum atomic E-state index is 6.25. The van der Waals surface area contributed by atoms with Gasteiger partial charge in [0.25, 0.3) is 0 Å². The second-order valence-electron chi connectivity index (χ2n) is 5.47. The highest BCUT2D eigenvalue weighted by Gasteiger charge is 2.12. The Morgan fingerprint density at radius 3 is 2.76 bits per heavy atom. The van der Waals surface area contributed by atoms with Gasteiger partial charge in [0.15, 0.2) is 0 Å². The second-order valence-corrected chi connectivity index (χ2v) is 5.47. The molecule has 2 aromatic heterocycles. The fraction of sp³-hybridized carbons (Fsp3) is 0.235. The van der Waals surface area contributed by atoms with Crippen molar-refractivity contribution >= 4 is 11.5 Å². The van der Waals surface area contributed by atoms with Crippen molar-refractivity contribution in [2.45, 2.75) is 26.9 Å². The maximum Gasteiger partial charge on any atom is 0.139 e. The van der Waals surface area contributed by atoms with Crippen LogP contribution in [0.3, 0.4) is 0 Å². The number of nitrogens with two attached hydrogens (primary N) is 1. The quantitative estimate of drug-likeness (QED) is 0.796. The first-order chi connectivity index (χ1) is 10.0. The van der Waals surface area contributed by atoms with E-state index in [2.05, 4.69) is 4.98 Å². The molecule has 0 saturated carbocycles. The van der Waals surface area contributed by atoms with Crippen molar-refractivity contribution in [3.8, 4) is 17.0 Å². The third kappa shape index (κ3) is 2.57. The van der Waals surface area contributed by atoms with Gasteiger partial charge in [-0.3, -0.25) is 4.40 Å². The van der Waals surface area contributed by atoms with Crippen molar-refractivity contribution in [2.75, 3.05) is 5.73 Å². The predicted octanol–water partition coefficient (Wildman–Crippen LogP) is 3.68. The topological polar surface area (TPSA) is 52.5 Å². The van der Waals surface area contributed by atoms with Crippen LogP contribution in [0.25, 0.3) is 16.9 Å². The molecule has 0 fully saturated rings. The van der Waals surface area contributed by atoms with E-state index in [1.54, 1.807) is 0 Å². The Hall–Kier alpha value is -2.49. The summed E-state index contributed by atoms with van der Waals surface area (Å²) in [5.74, 6) is 1.48. The monoisotopic (exact) mass is 281 g/mol. The minimum absolute atomic E-state index is 0.140. The summed E-state index contributed by atoms with van der Waals surface area (Å²) in [5.41, 5.74) is 10.0. The standard InChI is InChI=1S/C17H19N3O/c1-11(2)21-14-6-4-5-13(9-14)16-17(18)20-10-12(3)7-8-15(20)19-16/h4-11H,18H2,1-3H3. The van der Waals surface area contributed by atoms with Crippen LogP contribution in [0, 0.1) is 6.92 Å². The molecule has 0 spiro atoms. The summed E-state index contributed by atoms with van der Waals surface area (Å²) < 4.78 is 7.65. The molecule has 21 heavy (non-hydrogen) atoms. The van der Waals surface area contributed by atoms with Crippen LogP contribution in [0.15, 0.2) is 42.6 Å². The summed E-state index contributed by atoms with van der Waals surface area (Å²) in [7, 11) is 0. The molecule has 2 heterocycles. The molecule has 0 aliphatic heterocycles. The van der Waals surface area contributed by atoms with Crippen LogP contribution in [-0.2, 0) is 0 Å². The average Bonchev–Trinajstić information content (AvgIpc) is 2.76. The number of fused-ring (bicyclic) bond motifs is 1. The van der Waals surface area contributed by atoms with E-state index in [-0.39, 0.29) is 6.10 Å². The molecule has 0 aliphatic carbocycles. The van der Waals surface area contributed by atoms with Gasteiger partial charge in [0.05, 0.1) is 6.10 Å². The minimum atomic E-state index is 0.140. The number of ether oxygens (including phenoxy) is 1. The lowest BCUT2D eigenvalue weighted by Gasteiger charge is -2.10. The normalized spacial score (nSPS) is 11.2. The van der Waals surface area contributed by atoms with Gasteiger partial charge in [-0.2, -0.15) is 0 Å².